The topological polar surface area (TPSA) is 26.3 Å². The summed E-state index contributed by atoms with van der Waals surface area (Å²) in [6, 6.07) is 9.81. The van der Waals surface area contributed by atoms with E-state index >= 15 is 0 Å². The third kappa shape index (κ3) is 3.89. The first-order chi connectivity index (χ1) is 9.78. The molecule has 0 heterocycles. The lowest BCUT2D eigenvalue weighted by Gasteiger charge is -2.10. The number of carbonyl (C=O) groups is 1. The van der Waals surface area contributed by atoms with Crippen LogP contribution in [0, 0.1) is 0 Å². The molecular formula is C14H7Cl2F3O2. The number of ether oxygens (including phenoxy) is 1. The van der Waals surface area contributed by atoms with Crippen LogP contribution in [-0.4, -0.2) is 11.6 Å². The maximum atomic E-state index is 12.1. The molecule has 110 valence electrons. The number of carbonyl (C=O) groups excluding carboxylic acids is 1. The molecule has 0 amide bonds. The van der Waals surface area contributed by atoms with Crippen molar-refractivity contribution >= 4 is 28.4 Å². The molecule has 0 bridgehead atoms. The molecule has 21 heavy (non-hydrogen) atoms. The van der Waals surface area contributed by atoms with Gasteiger partial charge >= 0.3 is 6.36 Å². The van der Waals surface area contributed by atoms with Crippen molar-refractivity contribution in [2.75, 3.05) is 0 Å². The third-order valence-corrected chi connectivity index (χ3v) is 3.22. The number of hydrogen-bond acceptors (Lipinski definition) is 2. The van der Waals surface area contributed by atoms with Crippen molar-refractivity contribution in [1.29, 1.82) is 0 Å². The molecule has 2 aromatic rings. The van der Waals surface area contributed by atoms with Gasteiger partial charge in [-0.15, -0.1) is 13.2 Å². The van der Waals surface area contributed by atoms with Crippen molar-refractivity contribution in [2.24, 2.45) is 0 Å². The van der Waals surface area contributed by atoms with Crippen molar-refractivity contribution < 1.29 is 22.7 Å². The fraction of sp³-hybridized carbons (Fsp3) is 0.0714. The van der Waals surface area contributed by atoms with E-state index in [4.69, 9.17) is 23.2 Å². The summed E-state index contributed by atoms with van der Waals surface area (Å²) in [5.74, 6) is -0.341. The molecule has 0 aromatic heterocycles. The van der Waals surface area contributed by atoms with E-state index in [1.54, 1.807) is 12.1 Å². The summed E-state index contributed by atoms with van der Waals surface area (Å²) < 4.78 is 40.0. The zero-order valence-electron chi connectivity index (χ0n) is 10.2. The van der Waals surface area contributed by atoms with Crippen LogP contribution in [0.4, 0.5) is 13.2 Å². The predicted molar refractivity (Wildman–Crippen MR) is 73.8 cm³/mol. The van der Waals surface area contributed by atoms with Gasteiger partial charge in [0.2, 0.25) is 0 Å². The molecule has 0 saturated carbocycles. The Morgan fingerprint density at radius 1 is 1.05 bits per heavy atom. The number of benzene rings is 2. The van der Waals surface area contributed by atoms with Crippen LogP contribution < -0.4 is 4.74 Å². The minimum Gasteiger partial charge on any atom is -0.406 e. The molecule has 0 spiro atoms. The van der Waals surface area contributed by atoms with Gasteiger partial charge < -0.3 is 4.74 Å². The largest absolute Gasteiger partial charge is 0.573 e. The molecule has 0 N–H and O–H groups in total. The highest BCUT2D eigenvalue weighted by Gasteiger charge is 2.31. The Morgan fingerprint density at radius 3 is 2.19 bits per heavy atom. The molecular weight excluding hydrogens is 328 g/mol. The average molecular weight is 335 g/mol. The summed E-state index contributed by atoms with van der Waals surface area (Å²) in [5.41, 5.74) is 1.16. The van der Waals surface area contributed by atoms with Crippen molar-refractivity contribution in [3.8, 4) is 16.9 Å². The van der Waals surface area contributed by atoms with Gasteiger partial charge in [0, 0.05) is 5.56 Å². The third-order valence-electron chi connectivity index (χ3n) is 2.61. The zero-order valence-corrected chi connectivity index (χ0v) is 11.8. The van der Waals surface area contributed by atoms with Crippen molar-refractivity contribution in [1.82, 2.24) is 0 Å². The lowest BCUT2D eigenvalue weighted by Crippen LogP contribution is -2.16. The molecule has 0 fully saturated rings. The SMILES string of the molecule is O=C(Cl)c1cccc(-c2ccc(OC(F)(F)F)cc2)c1Cl. The summed E-state index contributed by atoms with van der Waals surface area (Å²) >= 11 is 11.5. The summed E-state index contributed by atoms with van der Waals surface area (Å²) in [6.07, 6.45) is -4.75. The van der Waals surface area contributed by atoms with E-state index in [0.29, 0.717) is 11.1 Å². The number of hydrogen-bond donors (Lipinski definition) is 0. The Balaban J connectivity index is 2.35. The number of alkyl halides is 3. The van der Waals surface area contributed by atoms with E-state index in [2.05, 4.69) is 4.74 Å². The minimum absolute atomic E-state index is 0.131. The lowest BCUT2D eigenvalue weighted by molar-refractivity contribution is -0.274. The highest BCUT2D eigenvalue weighted by molar-refractivity contribution is 6.69. The van der Waals surface area contributed by atoms with E-state index in [1.165, 1.54) is 18.2 Å². The van der Waals surface area contributed by atoms with Crippen LogP contribution in [0.25, 0.3) is 11.1 Å². The summed E-state index contributed by atoms with van der Waals surface area (Å²) in [5, 5.41) is -0.569. The van der Waals surface area contributed by atoms with Crippen molar-refractivity contribution in [3.05, 3.63) is 53.1 Å². The van der Waals surface area contributed by atoms with Gasteiger partial charge in [0.1, 0.15) is 5.75 Å². The quantitative estimate of drug-likeness (QED) is 0.713. The molecule has 7 heteroatoms. The first kappa shape index (κ1) is 15.7. The van der Waals surface area contributed by atoms with E-state index < -0.39 is 11.6 Å². The Hall–Kier alpha value is -1.72. The molecule has 2 aromatic carbocycles. The smallest absolute Gasteiger partial charge is 0.406 e. The molecule has 0 saturated heterocycles. The second-order valence-corrected chi connectivity index (χ2v) is 4.73. The fourth-order valence-corrected chi connectivity index (χ4v) is 2.27. The zero-order chi connectivity index (χ0) is 15.6. The van der Waals surface area contributed by atoms with Crippen molar-refractivity contribution in [2.45, 2.75) is 6.36 Å². The van der Waals surface area contributed by atoms with E-state index in [-0.39, 0.29) is 16.3 Å². The molecule has 2 nitrogen and oxygen atoms in total. The Kier molecular flexibility index (Phi) is 4.44. The van der Waals surface area contributed by atoms with Crippen LogP contribution in [0.1, 0.15) is 10.4 Å². The second kappa shape index (κ2) is 5.95. The van der Waals surface area contributed by atoms with Gasteiger partial charge in [0.25, 0.3) is 5.24 Å². The van der Waals surface area contributed by atoms with Gasteiger partial charge in [0.15, 0.2) is 0 Å². The first-order valence-electron chi connectivity index (χ1n) is 5.62. The molecule has 0 unspecified atom stereocenters. The number of halogens is 5. The van der Waals surface area contributed by atoms with Gasteiger partial charge in [-0.2, -0.15) is 0 Å². The fourth-order valence-electron chi connectivity index (χ4n) is 1.74. The van der Waals surface area contributed by atoms with Crippen LogP contribution in [0.5, 0.6) is 5.75 Å². The van der Waals surface area contributed by atoms with Gasteiger partial charge in [-0.3, -0.25) is 4.79 Å². The molecule has 0 aliphatic heterocycles. The summed E-state index contributed by atoms with van der Waals surface area (Å²) in [7, 11) is 0. The summed E-state index contributed by atoms with van der Waals surface area (Å²) in [4.78, 5) is 11.2. The van der Waals surface area contributed by atoms with Gasteiger partial charge in [-0.05, 0) is 35.4 Å². The van der Waals surface area contributed by atoms with Crippen LogP contribution >= 0.6 is 23.2 Å². The molecule has 0 aliphatic rings. The second-order valence-electron chi connectivity index (χ2n) is 4.01. The monoisotopic (exact) mass is 334 g/mol. The maximum Gasteiger partial charge on any atom is 0.573 e. The lowest BCUT2D eigenvalue weighted by atomic mass is 10.0. The Morgan fingerprint density at radius 2 is 1.67 bits per heavy atom. The maximum absolute atomic E-state index is 12.1. The van der Waals surface area contributed by atoms with Crippen LogP contribution in [0.3, 0.4) is 0 Å². The Labute approximate surface area is 128 Å². The minimum atomic E-state index is -4.75. The molecule has 0 aliphatic carbocycles. The molecule has 0 radical (unpaired) electrons. The van der Waals surface area contributed by atoms with Gasteiger partial charge in [-0.25, -0.2) is 0 Å². The highest BCUT2D eigenvalue weighted by Crippen LogP contribution is 2.33. The van der Waals surface area contributed by atoms with Crippen molar-refractivity contribution in [3.63, 3.8) is 0 Å². The molecule has 0 atom stereocenters. The number of rotatable bonds is 3. The average Bonchev–Trinajstić information content (AvgIpc) is 2.38. The van der Waals surface area contributed by atoms with Gasteiger partial charge in [0.05, 0.1) is 10.6 Å². The summed E-state index contributed by atoms with van der Waals surface area (Å²) in [6.45, 7) is 0. The first-order valence-corrected chi connectivity index (χ1v) is 6.38. The van der Waals surface area contributed by atoms with Crippen LogP contribution in [0.15, 0.2) is 42.5 Å². The van der Waals surface area contributed by atoms with Crippen LogP contribution in [0.2, 0.25) is 5.02 Å². The van der Waals surface area contributed by atoms with E-state index in [9.17, 15) is 18.0 Å². The standard InChI is InChI=1S/C14H7Cl2F3O2/c15-12-10(2-1-3-11(12)13(16)20)8-4-6-9(7-5-8)21-14(17,18)19/h1-7H. The van der Waals surface area contributed by atoms with Crippen LogP contribution in [-0.2, 0) is 0 Å². The normalized spacial score (nSPS) is 11.3. The van der Waals surface area contributed by atoms with Gasteiger partial charge in [-0.1, -0.05) is 35.9 Å². The Bertz CT molecular complexity index is 667. The van der Waals surface area contributed by atoms with E-state index in [1.807, 2.05) is 0 Å². The van der Waals surface area contributed by atoms with E-state index in [0.717, 1.165) is 12.1 Å². The predicted octanol–water partition coefficient (Wildman–Crippen LogP) is 5.28. The molecule has 2 rings (SSSR count). The highest BCUT2D eigenvalue weighted by atomic mass is 35.5.